The van der Waals surface area contributed by atoms with Crippen LogP contribution in [0, 0.1) is 13.8 Å². The lowest BCUT2D eigenvalue weighted by atomic mass is 9.86. The van der Waals surface area contributed by atoms with E-state index in [1.165, 1.54) is 0 Å². The predicted octanol–water partition coefficient (Wildman–Crippen LogP) is 3.91. The third-order valence-electron chi connectivity index (χ3n) is 4.54. The first kappa shape index (κ1) is 18.1. The SMILES string of the molecule is CCc1cc(C(C)(C)C)c(=O)n(-c2c(C)ccc(OC)c2C)c1N. The van der Waals surface area contributed by atoms with Crippen LogP contribution in [0.5, 0.6) is 5.75 Å². The van der Waals surface area contributed by atoms with E-state index < -0.39 is 0 Å². The third kappa shape index (κ3) is 2.93. The van der Waals surface area contributed by atoms with Crippen LogP contribution in [0.2, 0.25) is 0 Å². The molecule has 0 saturated heterocycles. The Labute approximate surface area is 144 Å². The van der Waals surface area contributed by atoms with E-state index in [2.05, 4.69) is 27.7 Å². The minimum Gasteiger partial charge on any atom is -0.496 e. The molecule has 0 aliphatic heterocycles. The van der Waals surface area contributed by atoms with Crippen LogP contribution in [-0.4, -0.2) is 11.7 Å². The number of aryl methyl sites for hydroxylation is 2. The van der Waals surface area contributed by atoms with E-state index in [-0.39, 0.29) is 11.0 Å². The fourth-order valence-corrected chi connectivity index (χ4v) is 3.11. The highest BCUT2D eigenvalue weighted by Gasteiger charge is 2.24. The first-order valence-corrected chi connectivity index (χ1v) is 8.32. The molecule has 2 N–H and O–H groups in total. The van der Waals surface area contributed by atoms with Crippen molar-refractivity contribution in [3.8, 4) is 11.4 Å². The number of anilines is 1. The summed E-state index contributed by atoms with van der Waals surface area (Å²) >= 11 is 0. The molecule has 130 valence electrons. The number of hydrogen-bond donors (Lipinski definition) is 1. The monoisotopic (exact) mass is 328 g/mol. The highest BCUT2D eigenvalue weighted by molar-refractivity contribution is 5.59. The topological polar surface area (TPSA) is 57.2 Å². The van der Waals surface area contributed by atoms with Crippen molar-refractivity contribution >= 4 is 5.82 Å². The van der Waals surface area contributed by atoms with E-state index in [4.69, 9.17) is 10.5 Å². The first-order chi connectivity index (χ1) is 11.1. The van der Waals surface area contributed by atoms with Gasteiger partial charge in [0.2, 0.25) is 0 Å². The van der Waals surface area contributed by atoms with Crippen molar-refractivity contribution < 1.29 is 4.74 Å². The molecule has 0 aliphatic carbocycles. The molecule has 0 saturated carbocycles. The molecular weight excluding hydrogens is 300 g/mol. The third-order valence-corrected chi connectivity index (χ3v) is 4.54. The van der Waals surface area contributed by atoms with Gasteiger partial charge in [0.15, 0.2) is 0 Å². The molecule has 0 unspecified atom stereocenters. The maximum Gasteiger partial charge on any atom is 0.260 e. The molecule has 1 aromatic heterocycles. The Morgan fingerprint density at radius 3 is 2.33 bits per heavy atom. The maximum atomic E-state index is 13.3. The number of aromatic nitrogens is 1. The second-order valence-electron chi connectivity index (χ2n) is 7.27. The van der Waals surface area contributed by atoms with Crippen LogP contribution in [0.25, 0.3) is 5.69 Å². The fourth-order valence-electron chi connectivity index (χ4n) is 3.11. The number of nitrogens with two attached hydrogens (primary N) is 1. The van der Waals surface area contributed by atoms with Gasteiger partial charge in [0.1, 0.15) is 11.6 Å². The molecule has 0 atom stereocenters. The fraction of sp³-hybridized carbons (Fsp3) is 0.450. The summed E-state index contributed by atoms with van der Waals surface area (Å²) in [6, 6.07) is 5.84. The lowest BCUT2D eigenvalue weighted by Gasteiger charge is -2.24. The van der Waals surface area contributed by atoms with Gasteiger partial charge < -0.3 is 10.5 Å². The zero-order valence-corrected chi connectivity index (χ0v) is 15.8. The van der Waals surface area contributed by atoms with Gasteiger partial charge in [0.25, 0.3) is 5.56 Å². The molecule has 1 heterocycles. The predicted molar refractivity (Wildman–Crippen MR) is 101 cm³/mol. The van der Waals surface area contributed by atoms with Gasteiger partial charge in [-0.15, -0.1) is 0 Å². The van der Waals surface area contributed by atoms with Crippen molar-refractivity contribution in [3.63, 3.8) is 0 Å². The van der Waals surface area contributed by atoms with Crippen LogP contribution in [0.4, 0.5) is 5.82 Å². The zero-order chi connectivity index (χ0) is 18.2. The number of pyridine rings is 1. The average Bonchev–Trinajstić information content (AvgIpc) is 2.49. The second kappa shape index (κ2) is 6.34. The minimum absolute atomic E-state index is 0.0587. The Bertz CT molecular complexity index is 827. The quantitative estimate of drug-likeness (QED) is 0.929. The van der Waals surface area contributed by atoms with Crippen molar-refractivity contribution in [2.75, 3.05) is 12.8 Å². The van der Waals surface area contributed by atoms with Gasteiger partial charge in [-0.1, -0.05) is 33.8 Å². The van der Waals surface area contributed by atoms with Gasteiger partial charge in [-0.2, -0.15) is 0 Å². The van der Waals surface area contributed by atoms with Gasteiger partial charge in [0.05, 0.1) is 12.8 Å². The van der Waals surface area contributed by atoms with Gasteiger partial charge in [0, 0.05) is 11.1 Å². The minimum atomic E-state index is -0.253. The summed E-state index contributed by atoms with van der Waals surface area (Å²) < 4.78 is 7.10. The molecule has 0 fully saturated rings. The summed E-state index contributed by atoms with van der Waals surface area (Å²) in [7, 11) is 1.64. The molecule has 0 spiro atoms. The Kier molecular flexibility index (Phi) is 4.79. The number of nitrogens with zero attached hydrogens (tertiary/aromatic N) is 1. The summed E-state index contributed by atoms with van der Waals surface area (Å²) in [5, 5.41) is 0. The lowest BCUT2D eigenvalue weighted by Crippen LogP contribution is -2.32. The second-order valence-corrected chi connectivity index (χ2v) is 7.27. The molecule has 4 nitrogen and oxygen atoms in total. The van der Waals surface area contributed by atoms with Crippen molar-refractivity contribution in [1.82, 2.24) is 4.57 Å². The smallest absolute Gasteiger partial charge is 0.260 e. The molecule has 2 aromatic rings. The number of methoxy groups -OCH3 is 1. The number of benzene rings is 1. The first-order valence-electron chi connectivity index (χ1n) is 8.32. The molecule has 0 bridgehead atoms. The highest BCUT2D eigenvalue weighted by Crippen LogP contribution is 2.31. The van der Waals surface area contributed by atoms with E-state index in [0.29, 0.717) is 5.82 Å². The van der Waals surface area contributed by atoms with Gasteiger partial charge in [-0.3, -0.25) is 9.36 Å². The van der Waals surface area contributed by atoms with Crippen molar-refractivity contribution in [2.45, 2.75) is 53.4 Å². The largest absolute Gasteiger partial charge is 0.496 e. The van der Waals surface area contributed by atoms with Crippen LogP contribution in [0.3, 0.4) is 0 Å². The summed E-state index contributed by atoms with van der Waals surface area (Å²) in [6.07, 6.45) is 0.775. The van der Waals surface area contributed by atoms with Crippen LogP contribution in [0.15, 0.2) is 23.0 Å². The molecule has 4 heteroatoms. The van der Waals surface area contributed by atoms with Crippen molar-refractivity contribution in [1.29, 1.82) is 0 Å². The number of rotatable bonds is 3. The number of hydrogen-bond acceptors (Lipinski definition) is 3. The van der Waals surface area contributed by atoms with Crippen molar-refractivity contribution in [3.05, 3.63) is 50.8 Å². The summed E-state index contributed by atoms with van der Waals surface area (Å²) in [5.74, 6) is 1.26. The molecule has 0 aliphatic rings. The summed E-state index contributed by atoms with van der Waals surface area (Å²) in [6.45, 7) is 12.2. The molecule has 0 radical (unpaired) electrons. The number of ether oxygens (including phenoxy) is 1. The zero-order valence-electron chi connectivity index (χ0n) is 15.8. The summed E-state index contributed by atoms with van der Waals surface area (Å²) in [4.78, 5) is 13.3. The normalized spacial score (nSPS) is 11.6. The molecule has 24 heavy (non-hydrogen) atoms. The van der Waals surface area contributed by atoms with Crippen LogP contribution >= 0.6 is 0 Å². The number of nitrogen functional groups attached to an aromatic ring is 1. The van der Waals surface area contributed by atoms with Crippen LogP contribution in [-0.2, 0) is 11.8 Å². The molecule has 1 aromatic carbocycles. The Hall–Kier alpha value is -2.23. The molecular formula is C20H28N2O2. The van der Waals surface area contributed by atoms with E-state index in [1.54, 1.807) is 11.7 Å². The Morgan fingerprint density at radius 2 is 1.83 bits per heavy atom. The van der Waals surface area contributed by atoms with E-state index >= 15 is 0 Å². The van der Waals surface area contributed by atoms with Gasteiger partial charge in [-0.05, 0) is 48.9 Å². The van der Waals surface area contributed by atoms with E-state index in [9.17, 15) is 4.79 Å². The Morgan fingerprint density at radius 1 is 1.21 bits per heavy atom. The summed E-state index contributed by atoms with van der Waals surface area (Å²) in [5.41, 5.74) is 10.6. The van der Waals surface area contributed by atoms with Crippen LogP contribution < -0.4 is 16.0 Å². The average molecular weight is 328 g/mol. The Balaban J connectivity index is 2.98. The van der Waals surface area contributed by atoms with E-state index in [0.717, 1.165) is 40.1 Å². The lowest BCUT2D eigenvalue weighted by molar-refractivity contribution is 0.411. The van der Waals surface area contributed by atoms with Gasteiger partial charge in [-0.25, -0.2) is 0 Å². The van der Waals surface area contributed by atoms with E-state index in [1.807, 2.05) is 32.0 Å². The maximum absolute atomic E-state index is 13.3. The van der Waals surface area contributed by atoms with Crippen LogP contribution in [0.1, 0.15) is 49.9 Å². The van der Waals surface area contributed by atoms with Crippen molar-refractivity contribution in [2.24, 2.45) is 0 Å². The standard InChI is InChI=1S/C20H28N2O2/c1-8-14-11-15(20(4,5)6)19(23)22(18(14)21)17-12(2)9-10-16(24-7)13(17)3/h9-11H,8,21H2,1-7H3. The van der Waals surface area contributed by atoms with Gasteiger partial charge >= 0.3 is 0 Å². The highest BCUT2D eigenvalue weighted by atomic mass is 16.5. The molecule has 0 amide bonds. The molecule has 2 rings (SSSR count).